The van der Waals surface area contributed by atoms with Crippen LogP contribution in [0.5, 0.6) is 5.75 Å². The van der Waals surface area contributed by atoms with Crippen molar-refractivity contribution in [2.45, 2.75) is 6.61 Å². The van der Waals surface area contributed by atoms with Crippen molar-refractivity contribution < 1.29 is 14.8 Å². The highest BCUT2D eigenvalue weighted by Crippen LogP contribution is 2.23. The van der Waals surface area contributed by atoms with Gasteiger partial charge in [0.1, 0.15) is 12.4 Å². The molecule has 2 N–H and O–H groups in total. The largest absolute Gasteiger partial charge is 0.489 e. The van der Waals surface area contributed by atoms with Crippen LogP contribution in [0, 0.1) is 0 Å². The Balaban J connectivity index is 2.05. The van der Waals surface area contributed by atoms with Crippen LogP contribution in [0.15, 0.2) is 42.5 Å². The fourth-order valence-electron chi connectivity index (χ4n) is 1.56. The quantitative estimate of drug-likeness (QED) is 0.851. The second-order valence-electron chi connectivity index (χ2n) is 3.98. The summed E-state index contributed by atoms with van der Waals surface area (Å²) in [4.78, 5) is 0. The van der Waals surface area contributed by atoms with Gasteiger partial charge < -0.3 is 14.8 Å². The van der Waals surface area contributed by atoms with E-state index < -0.39 is 7.12 Å². The summed E-state index contributed by atoms with van der Waals surface area (Å²) in [5.41, 5.74) is 1.26. The van der Waals surface area contributed by atoms with E-state index in [0.29, 0.717) is 27.9 Å². The van der Waals surface area contributed by atoms with Gasteiger partial charge in [0.15, 0.2) is 0 Å². The summed E-state index contributed by atoms with van der Waals surface area (Å²) in [5.74, 6) is 0.552. The topological polar surface area (TPSA) is 49.7 Å². The Morgan fingerprint density at radius 3 is 2.47 bits per heavy atom. The summed E-state index contributed by atoms with van der Waals surface area (Å²) in [6, 6.07) is 11.9. The molecule has 3 nitrogen and oxygen atoms in total. The first-order valence-electron chi connectivity index (χ1n) is 5.59. The van der Waals surface area contributed by atoms with Gasteiger partial charge in [-0.1, -0.05) is 41.4 Å². The number of rotatable bonds is 4. The first-order chi connectivity index (χ1) is 9.06. The summed E-state index contributed by atoms with van der Waals surface area (Å²) < 4.78 is 5.55. The lowest BCUT2D eigenvalue weighted by Gasteiger charge is -2.08. The number of hydrogen-bond donors (Lipinski definition) is 2. The lowest BCUT2D eigenvalue weighted by molar-refractivity contribution is 0.306. The maximum Gasteiger partial charge on any atom is 0.488 e. The van der Waals surface area contributed by atoms with E-state index in [1.807, 2.05) is 6.07 Å². The first-order valence-corrected chi connectivity index (χ1v) is 6.34. The molecule has 0 radical (unpaired) electrons. The molecule has 0 aliphatic carbocycles. The van der Waals surface area contributed by atoms with Crippen LogP contribution in [0.4, 0.5) is 0 Å². The van der Waals surface area contributed by atoms with Crippen LogP contribution in [0.3, 0.4) is 0 Å². The standard InChI is InChI=1S/C13H11BCl2O3/c15-12-5-4-9(6-13(12)16)8-19-11-3-1-2-10(7-11)14(17)18/h1-7,17-18H,8H2. The fraction of sp³-hybridized carbons (Fsp3) is 0.0769. The van der Waals surface area contributed by atoms with E-state index in [0.717, 1.165) is 5.56 Å². The monoisotopic (exact) mass is 296 g/mol. The Kier molecular flexibility index (Phi) is 4.72. The molecule has 0 aliphatic heterocycles. The zero-order valence-corrected chi connectivity index (χ0v) is 11.4. The predicted octanol–water partition coefficient (Wildman–Crippen LogP) is 2.25. The molecular weight excluding hydrogens is 286 g/mol. The van der Waals surface area contributed by atoms with Crippen molar-refractivity contribution in [3.8, 4) is 5.75 Å². The van der Waals surface area contributed by atoms with Gasteiger partial charge in [-0.3, -0.25) is 0 Å². The minimum absolute atomic E-state index is 0.321. The Morgan fingerprint density at radius 1 is 1.00 bits per heavy atom. The summed E-state index contributed by atoms with van der Waals surface area (Å²) in [5, 5.41) is 19.1. The Labute approximate surface area is 121 Å². The predicted molar refractivity (Wildman–Crippen MR) is 77.1 cm³/mol. The normalized spacial score (nSPS) is 10.3. The second kappa shape index (κ2) is 6.30. The summed E-state index contributed by atoms with van der Waals surface area (Å²) in [6.07, 6.45) is 0. The highest BCUT2D eigenvalue weighted by molar-refractivity contribution is 6.58. The van der Waals surface area contributed by atoms with Crippen LogP contribution in [-0.2, 0) is 6.61 Å². The fourth-order valence-corrected chi connectivity index (χ4v) is 1.88. The molecule has 2 aromatic rings. The smallest absolute Gasteiger partial charge is 0.488 e. The maximum absolute atomic E-state index is 9.07. The molecule has 0 fully saturated rings. The highest BCUT2D eigenvalue weighted by atomic mass is 35.5. The van der Waals surface area contributed by atoms with E-state index >= 15 is 0 Å². The third-order valence-electron chi connectivity index (χ3n) is 2.55. The minimum atomic E-state index is -1.51. The molecular formula is C13H11BCl2O3. The number of hydrogen-bond acceptors (Lipinski definition) is 3. The number of ether oxygens (including phenoxy) is 1. The highest BCUT2D eigenvalue weighted by Gasteiger charge is 2.11. The van der Waals surface area contributed by atoms with Crippen molar-refractivity contribution in [1.29, 1.82) is 0 Å². The zero-order valence-electron chi connectivity index (χ0n) is 9.88. The van der Waals surface area contributed by atoms with Crippen molar-refractivity contribution >= 4 is 35.8 Å². The van der Waals surface area contributed by atoms with Crippen LogP contribution in [0.25, 0.3) is 0 Å². The molecule has 0 spiro atoms. The van der Waals surface area contributed by atoms with E-state index in [2.05, 4.69) is 0 Å². The Bertz CT molecular complexity index is 576. The van der Waals surface area contributed by atoms with Gasteiger partial charge in [0.05, 0.1) is 10.0 Å². The molecule has 0 aliphatic rings. The molecule has 2 aromatic carbocycles. The molecule has 0 heterocycles. The molecule has 0 aromatic heterocycles. The molecule has 0 atom stereocenters. The Morgan fingerprint density at radius 2 is 1.79 bits per heavy atom. The maximum atomic E-state index is 9.07. The van der Waals surface area contributed by atoms with Crippen LogP contribution in [-0.4, -0.2) is 17.2 Å². The molecule has 0 bridgehead atoms. The third-order valence-corrected chi connectivity index (χ3v) is 3.28. The minimum Gasteiger partial charge on any atom is -0.489 e. The van der Waals surface area contributed by atoms with E-state index in [1.165, 1.54) is 0 Å². The van der Waals surface area contributed by atoms with Crippen molar-refractivity contribution in [1.82, 2.24) is 0 Å². The first kappa shape index (κ1) is 14.2. The summed E-state index contributed by atoms with van der Waals surface area (Å²) in [7, 11) is -1.51. The van der Waals surface area contributed by atoms with Crippen LogP contribution < -0.4 is 10.2 Å². The molecule has 98 valence electrons. The van der Waals surface area contributed by atoms with Crippen LogP contribution in [0.2, 0.25) is 10.0 Å². The van der Waals surface area contributed by atoms with Gasteiger partial charge in [-0.05, 0) is 35.3 Å². The van der Waals surface area contributed by atoms with Gasteiger partial charge in [-0.2, -0.15) is 0 Å². The van der Waals surface area contributed by atoms with E-state index in [1.54, 1.807) is 36.4 Å². The molecule has 0 saturated carbocycles. The van der Waals surface area contributed by atoms with E-state index in [9.17, 15) is 0 Å². The zero-order chi connectivity index (χ0) is 13.8. The Hall–Kier alpha value is -1.20. The van der Waals surface area contributed by atoms with Gasteiger partial charge in [-0.25, -0.2) is 0 Å². The van der Waals surface area contributed by atoms with E-state index in [4.69, 9.17) is 38.0 Å². The van der Waals surface area contributed by atoms with Gasteiger partial charge in [0.25, 0.3) is 0 Å². The SMILES string of the molecule is OB(O)c1cccc(OCc2ccc(Cl)c(Cl)c2)c1. The molecule has 0 amide bonds. The third kappa shape index (κ3) is 3.88. The molecule has 19 heavy (non-hydrogen) atoms. The molecule has 6 heteroatoms. The lowest BCUT2D eigenvalue weighted by atomic mass is 9.80. The van der Waals surface area contributed by atoms with Crippen LogP contribution >= 0.6 is 23.2 Å². The lowest BCUT2D eigenvalue weighted by Crippen LogP contribution is -2.29. The van der Waals surface area contributed by atoms with Gasteiger partial charge in [0, 0.05) is 0 Å². The van der Waals surface area contributed by atoms with Crippen molar-refractivity contribution in [3.63, 3.8) is 0 Å². The van der Waals surface area contributed by atoms with Crippen molar-refractivity contribution in [2.75, 3.05) is 0 Å². The molecule has 0 unspecified atom stereocenters. The molecule has 2 rings (SSSR count). The van der Waals surface area contributed by atoms with Crippen molar-refractivity contribution in [2.24, 2.45) is 0 Å². The average molecular weight is 297 g/mol. The number of halogens is 2. The van der Waals surface area contributed by atoms with E-state index in [-0.39, 0.29) is 0 Å². The van der Waals surface area contributed by atoms with Gasteiger partial charge >= 0.3 is 7.12 Å². The van der Waals surface area contributed by atoms with Gasteiger partial charge in [-0.15, -0.1) is 0 Å². The number of benzene rings is 2. The van der Waals surface area contributed by atoms with Crippen molar-refractivity contribution in [3.05, 3.63) is 58.1 Å². The summed E-state index contributed by atoms with van der Waals surface area (Å²) in [6.45, 7) is 0.321. The molecule has 0 saturated heterocycles. The summed E-state index contributed by atoms with van der Waals surface area (Å²) >= 11 is 11.7. The second-order valence-corrected chi connectivity index (χ2v) is 4.80. The van der Waals surface area contributed by atoms with Gasteiger partial charge in [0.2, 0.25) is 0 Å². The van der Waals surface area contributed by atoms with Crippen LogP contribution in [0.1, 0.15) is 5.56 Å². The average Bonchev–Trinajstić information content (AvgIpc) is 2.40.